The Bertz CT molecular complexity index is 357. The number of amides is 3. The molecule has 0 aromatic carbocycles. The van der Waals surface area contributed by atoms with E-state index in [4.69, 9.17) is 4.74 Å². The highest BCUT2D eigenvalue weighted by Gasteiger charge is 2.49. The van der Waals surface area contributed by atoms with Crippen LogP contribution in [0.5, 0.6) is 0 Å². The summed E-state index contributed by atoms with van der Waals surface area (Å²) in [7, 11) is 0. The second kappa shape index (κ2) is 4.53. The van der Waals surface area contributed by atoms with E-state index in [-0.39, 0.29) is 23.4 Å². The lowest BCUT2D eigenvalue weighted by atomic mass is 9.72. The Labute approximate surface area is 107 Å². The van der Waals surface area contributed by atoms with E-state index in [0.717, 1.165) is 32.1 Å². The normalized spacial score (nSPS) is 31.8. The maximum atomic E-state index is 12.7. The molecule has 3 aliphatic rings. The van der Waals surface area contributed by atoms with Crippen molar-refractivity contribution in [2.24, 2.45) is 5.41 Å². The van der Waals surface area contributed by atoms with Crippen molar-refractivity contribution in [3.05, 3.63) is 0 Å². The zero-order valence-electron chi connectivity index (χ0n) is 10.6. The van der Waals surface area contributed by atoms with Gasteiger partial charge in [0.05, 0.1) is 18.1 Å². The summed E-state index contributed by atoms with van der Waals surface area (Å²) in [6.45, 7) is 1.67. The molecule has 5 nitrogen and oxygen atoms in total. The largest absolute Gasteiger partial charge is 0.379 e. The predicted octanol–water partition coefficient (Wildman–Crippen LogP) is 1.28. The van der Waals surface area contributed by atoms with Gasteiger partial charge in [-0.3, -0.25) is 9.69 Å². The Morgan fingerprint density at radius 1 is 1.22 bits per heavy atom. The second-order valence-corrected chi connectivity index (χ2v) is 5.69. The molecule has 1 atom stereocenters. The van der Waals surface area contributed by atoms with Crippen LogP contribution >= 0.6 is 0 Å². The molecule has 0 radical (unpaired) electrons. The van der Waals surface area contributed by atoms with Crippen molar-refractivity contribution < 1.29 is 14.3 Å². The summed E-state index contributed by atoms with van der Waals surface area (Å²) in [6.07, 6.45) is 5.99. The minimum atomic E-state index is -0.325. The third kappa shape index (κ3) is 1.81. The average molecular weight is 252 g/mol. The molecule has 1 aliphatic carbocycles. The molecule has 5 heteroatoms. The summed E-state index contributed by atoms with van der Waals surface area (Å²) >= 11 is 0. The third-order valence-electron chi connectivity index (χ3n) is 4.55. The van der Waals surface area contributed by atoms with Crippen LogP contribution in [0.2, 0.25) is 0 Å². The van der Waals surface area contributed by atoms with Crippen molar-refractivity contribution in [1.29, 1.82) is 0 Å². The molecule has 1 spiro atoms. The van der Waals surface area contributed by atoms with Gasteiger partial charge in [0.1, 0.15) is 0 Å². The number of urea groups is 1. The lowest BCUT2D eigenvalue weighted by molar-refractivity contribution is -0.145. The lowest BCUT2D eigenvalue weighted by Gasteiger charge is -2.44. The first kappa shape index (κ1) is 12.0. The molecule has 18 heavy (non-hydrogen) atoms. The van der Waals surface area contributed by atoms with E-state index in [2.05, 4.69) is 5.32 Å². The Kier molecular flexibility index (Phi) is 3.01. The average Bonchev–Trinajstić information content (AvgIpc) is 2.90. The summed E-state index contributed by atoms with van der Waals surface area (Å²) < 4.78 is 5.31. The van der Waals surface area contributed by atoms with Crippen molar-refractivity contribution in [1.82, 2.24) is 10.2 Å². The molecule has 2 aliphatic heterocycles. The van der Waals surface area contributed by atoms with Gasteiger partial charge in [-0.15, -0.1) is 0 Å². The number of ether oxygens (including phenoxy) is 1. The lowest BCUT2D eigenvalue weighted by Crippen LogP contribution is -2.63. The molecule has 3 amide bonds. The van der Waals surface area contributed by atoms with Gasteiger partial charge in [0.2, 0.25) is 5.91 Å². The van der Waals surface area contributed by atoms with Crippen LogP contribution < -0.4 is 5.32 Å². The summed E-state index contributed by atoms with van der Waals surface area (Å²) in [6, 6.07) is -0.289. The fourth-order valence-corrected chi connectivity index (χ4v) is 3.43. The Morgan fingerprint density at radius 2 is 2.00 bits per heavy atom. The molecule has 0 aromatic rings. The minimum Gasteiger partial charge on any atom is -0.379 e. The Morgan fingerprint density at radius 3 is 2.67 bits per heavy atom. The number of imide groups is 1. The van der Waals surface area contributed by atoms with Gasteiger partial charge in [-0.05, 0) is 19.3 Å². The zero-order valence-corrected chi connectivity index (χ0v) is 10.6. The molecule has 1 N–H and O–H groups in total. The molecule has 0 bridgehead atoms. The van der Waals surface area contributed by atoms with Crippen LogP contribution in [0.25, 0.3) is 0 Å². The molecule has 3 rings (SSSR count). The van der Waals surface area contributed by atoms with Crippen molar-refractivity contribution in [2.45, 2.75) is 44.6 Å². The molecule has 3 fully saturated rings. The highest BCUT2D eigenvalue weighted by atomic mass is 16.5. The maximum Gasteiger partial charge on any atom is 0.324 e. The highest BCUT2D eigenvalue weighted by molar-refractivity contribution is 6.00. The van der Waals surface area contributed by atoms with Crippen LogP contribution in [0, 0.1) is 5.41 Å². The smallest absolute Gasteiger partial charge is 0.324 e. The number of nitrogens with zero attached hydrogens (tertiary/aromatic N) is 1. The van der Waals surface area contributed by atoms with E-state index in [1.807, 2.05) is 0 Å². The van der Waals surface area contributed by atoms with Gasteiger partial charge in [0.25, 0.3) is 0 Å². The number of rotatable bonds is 1. The summed E-state index contributed by atoms with van der Waals surface area (Å²) in [4.78, 5) is 26.1. The van der Waals surface area contributed by atoms with Crippen molar-refractivity contribution in [3.63, 3.8) is 0 Å². The zero-order chi connectivity index (χ0) is 12.6. The molecule has 2 saturated heterocycles. The van der Waals surface area contributed by atoms with Crippen molar-refractivity contribution >= 4 is 11.9 Å². The first-order chi connectivity index (χ1) is 8.73. The van der Waals surface area contributed by atoms with E-state index in [1.54, 1.807) is 0 Å². The summed E-state index contributed by atoms with van der Waals surface area (Å²) in [5.74, 6) is 0.0430. The number of carbonyl (C=O) groups excluding carboxylic acids is 2. The molecule has 1 unspecified atom stereocenters. The van der Waals surface area contributed by atoms with E-state index in [9.17, 15) is 9.59 Å². The van der Waals surface area contributed by atoms with Crippen molar-refractivity contribution in [2.75, 3.05) is 19.8 Å². The SMILES string of the molecule is O=C1NCC2(CCCCC2)C(=O)N1C1CCOC1. The monoisotopic (exact) mass is 252 g/mol. The van der Waals surface area contributed by atoms with Gasteiger partial charge in [-0.25, -0.2) is 4.79 Å². The van der Waals surface area contributed by atoms with Gasteiger partial charge < -0.3 is 10.1 Å². The van der Waals surface area contributed by atoms with Crippen LogP contribution in [-0.4, -0.2) is 42.6 Å². The Hall–Kier alpha value is -1.10. The Balaban J connectivity index is 1.83. The number of hydrogen-bond acceptors (Lipinski definition) is 3. The molecule has 1 saturated carbocycles. The molecule has 0 aromatic heterocycles. The predicted molar refractivity (Wildman–Crippen MR) is 65.0 cm³/mol. The second-order valence-electron chi connectivity index (χ2n) is 5.69. The van der Waals surface area contributed by atoms with E-state index in [0.29, 0.717) is 19.8 Å². The topological polar surface area (TPSA) is 58.6 Å². The van der Waals surface area contributed by atoms with Crippen LogP contribution in [-0.2, 0) is 9.53 Å². The molecular formula is C13H20N2O3. The standard InChI is InChI=1S/C13H20N2O3/c16-11-13(5-2-1-3-6-13)9-14-12(17)15(11)10-4-7-18-8-10/h10H,1-9H2,(H,14,17). The number of hydrogen-bond donors (Lipinski definition) is 1. The summed E-state index contributed by atoms with van der Waals surface area (Å²) in [5, 5.41) is 2.91. The van der Waals surface area contributed by atoms with Gasteiger partial charge in [-0.1, -0.05) is 19.3 Å². The molecule has 100 valence electrons. The van der Waals surface area contributed by atoms with E-state index < -0.39 is 0 Å². The summed E-state index contributed by atoms with van der Waals surface area (Å²) in [5.41, 5.74) is -0.325. The van der Waals surface area contributed by atoms with Gasteiger partial charge in [0.15, 0.2) is 0 Å². The van der Waals surface area contributed by atoms with Crippen LogP contribution in [0.3, 0.4) is 0 Å². The van der Waals surface area contributed by atoms with Crippen LogP contribution in [0.4, 0.5) is 4.79 Å². The quantitative estimate of drug-likeness (QED) is 0.764. The molecular weight excluding hydrogens is 232 g/mol. The number of carbonyl (C=O) groups is 2. The van der Waals surface area contributed by atoms with Gasteiger partial charge in [0, 0.05) is 13.2 Å². The van der Waals surface area contributed by atoms with Crippen LogP contribution in [0.15, 0.2) is 0 Å². The first-order valence-electron chi connectivity index (χ1n) is 6.92. The fourth-order valence-electron chi connectivity index (χ4n) is 3.43. The third-order valence-corrected chi connectivity index (χ3v) is 4.55. The van der Waals surface area contributed by atoms with Gasteiger partial charge >= 0.3 is 6.03 Å². The highest BCUT2D eigenvalue weighted by Crippen LogP contribution is 2.40. The van der Waals surface area contributed by atoms with E-state index in [1.165, 1.54) is 11.3 Å². The number of nitrogens with one attached hydrogen (secondary N) is 1. The fraction of sp³-hybridized carbons (Fsp3) is 0.846. The molecule has 2 heterocycles. The van der Waals surface area contributed by atoms with Crippen LogP contribution in [0.1, 0.15) is 38.5 Å². The minimum absolute atomic E-state index is 0.0430. The van der Waals surface area contributed by atoms with Gasteiger partial charge in [-0.2, -0.15) is 0 Å². The first-order valence-corrected chi connectivity index (χ1v) is 6.92. The van der Waals surface area contributed by atoms with E-state index >= 15 is 0 Å². The maximum absolute atomic E-state index is 12.7. The van der Waals surface area contributed by atoms with Crippen molar-refractivity contribution in [3.8, 4) is 0 Å².